The highest BCUT2D eigenvalue weighted by atomic mass is 16.5. The van der Waals surface area contributed by atoms with Gasteiger partial charge in [0.25, 0.3) is 0 Å². The van der Waals surface area contributed by atoms with E-state index in [0.29, 0.717) is 0 Å². The van der Waals surface area contributed by atoms with Crippen LogP contribution in [0.4, 0.5) is 5.82 Å². The summed E-state index contributed by atoms with van der Waals surface area (Å²) in [4.78, 5) is 2.27. The van der Waals surface area contributed by atoms with Crippen molar-refractivity contribution in [1.29, 1.82) is 0 Å². The number of rotatable bonds is 5. The fraction of sp³-hybridized carbons (Fsp3) is 0.714. The van der Waals surface area contributed by atoms with E-state index < -0.39 is 0 Å². The normalized spacial score (nSPS) is 18.6. The molecular formula is C14H24N4O. The lowest BCUT2D eigenvalue weighted by atomic mass is 10.0. The Morgan fingerprint density at radius 2 is 2.21 bits per heavy atom. The van der Waals surface area contributed by atoms with Crippen molar-refractivity contribution >= 4 is 5.82 Å². The number of morpholine rings is 1. The van der Waals surface area contributed by atoms with Gasteiger partial charge in [0.2, 0.25) is 0 Å². The van der Waals surface area contributed by atoms with Crippen molar-refractivity contribution in [1.82, 2.24) is 15.5 Å². The fourth-order valence-electron chi connectivity index (χ4n) is 2.27. The van der Waals surface area contributed by atoms with E-state index in [1.807, 2.05) is 0 Å². The Hall–Kier alpha value is -1.20. The number of anilines is 1. The minimum atomic E-state index is -0.0189. The van der Waals surface area contributed by atoms with Crippen LogP contribution in [0, 0.1) is 0 Å². The number of hydrogen-bond acceptors (Lipinski definition) is 5. The molecule has 0 radical (unpaired) electrons. The average molecular weight is 264 g/mol. The summed E-state index contributed by atoms with van der Waals surface area (Å²) < 4.78 is 5.53. The first-order chi connectivity index (χ1) is 9.13. The molecule has 0 bridgehead atoms. The number of nitrogens with zero attached hydrogens (tertiary/aromatic N) is 3. The van der Waals surface area contributed by atoms with Gasteiger partial charge in [0.05, 0.1) is 24.4 Å². The van der Waals surface area contributed by atoms with Crippen LogP contribution in [0.5, 0.6) is 0 Å². The molecule has 1 aliphatic rings. The van der Waals surface area contributed by atoms with E-state index >= 15 is 0 Å². The van der Waals surface area contributed by atoms with Crippen molar-refractivity contribution < 1.29 is 4.74 Å². The van der Waals surface area contributed by atoms with Crippen LogP contribution in [-0.4, -0.2) is 42.0 Å². The molecule has 0 atom stereocenters. The molecule has 0 spiro atoms. The van der Waals surface area contributed by atoms with Gasteiger partial charge < -0.3 is 15.0 Å². The first-order valence-corrected chi connectivity index (χ1v) is 7.02. The second kappa shape index (κ2) is 6.30. The highest BCUT2D eigenvalue weighted by molar-refractivity contribution is 5.41. The molecule has 106 valence electrons. The summed E-state index contributed by atoms with van der Waals surface area (Å²) in [7, 11) is 0. The summed E-state index contributed by atoms with van der Waals surface area (Å²) in [5, 5.41) is 12.0. The van der Waals surface area contributed by atoms with E-state index in [2.05, 4.69) is 53.3 Å². The molecule has 1 aliphatic heterocycles. The SMILES string of the molecule is CCCNCc1ccc(N2CCOCC2(C)C)nn1. The molecule has 1 saturated heterocycles. The van der Waals surface area contributed by atoms with Crippen molar-refractivity contribution in [3.05, 3.63) is 17.8 Å². The lowest BCUT2D eigenvalue weighted by molar-refractivity contribution is 0.0638. The summed E-state index contributed by atoms with van der Waals surface area (Å²) in [6.07, 6.45) is 1.13. The fourth-order valence-corrected chi connectivity index (χ4v) is 2.27. The van der Waals surface area contributed by atoms with Gasteiger partial charge in [-0.1, -0.05) is 6.92 Å². The minimum absolute atomic E-state index is 0.0189. The first kappa shape index (κ1) is 14.2. The van der Waals surface area contributed by atoms with Gasteiger partial charge in [-0.05, 0) is 38.9 Å². The van der Waals surface area contributed by atoms with Gasteiger partial charge in [0, 0.05) is 13.1 Å². The molecule has 1 fully saturated rings. The Kier molecular flexibility index (Phi) is 4.71. The third-order valence-electron chi connectivity index (χ3n) is 3.36. The monoisotopic (exact) mass is 264 g/mol. The van der Waals surface area contributed by atoms with E-state index in [1.165, 1.54) is 0 Å². The predicted octanol–water partition coefficient (Wildman–Crippen LogP) is 1.59. The van der Waals surface area contributed by atoms with Crippen molar-refractivity contribution in [2.75, 3.05) is 31.2 Å². The molecule has 1 aromatic heterocycles. The van der Waals surface area contributed by atoms with Gasteiger partial charge in [0.15, 0.2) is 5.82 Å². The smallest absolute Gasteiger partial charge is 0.151 e. The lowest BCUT2D eigenvalue weighted by Crippen LogP contribution is -2.53. The van der Waals surface area contributed by atoms with Crippen LogP contribution >= 0.6 is 0 Å². The van der Waals surface area contributed by atoms with Crippen LogP contribution in [0.2, 0.25) is 0 Å². The standard InChI is InChI=1S/C14H24N4O/c1-4-7-15-10-12-5-6-13(17-16-12)18-8-9-19-11-14(18,2)3/h5-6,15H,4,7-11H2,1-3H3. The van der Waals surface area contributed by atoms with Crippen LogP contribution in [0.1, 0.15) is 32.9 Å². The topological polar surface area (TPSA) is 50.3 Å². The summed E-state index contributed by atoms with van der Waals surface area (Å²) in [6, 6.07) is 4.11. The van der Waals surface area contributed by atoms with Crippen molar-refractivity contribution in [3.63, 3.8) is 0 Å². The first-order valence-electron chi connectivity index (χ1n) is 7.02. The molecule has 2 heterocycles. The number of aromatic nitrogens is 2. The van der Waals surface area contributed by atoms with Crippen LogP contribution in [-0.2, 0) is 11.3 Å². The van der Waals surface area contributed by atoms with Crippen LogP contribution in [0.25, 0.3) is 0 Å². The zero-order valence-electron chi connectivity index (χ0n) is 12.1. The molecule has 19 heavy (non-hydrogen) atoms. The summed E-state index contributed by atoms with van der Waals surface area (Å²) in [6.45, 7) is 10.7. The van der Waals surface area contributed by atoms with E-state index in [0.717, 1.165) is 50.8 Å². The molecule has 0 amide bonds. The third-order valence-corrected chi connectivity index (χ3v) is 3.36. The number of hydrogen-bond donors (Lipinski definition) is 1. The molecule has 0 aliphatic carbocycles. The molecular weight excluding hydrogens is 240 g/mol. The maximum absolute atomic E-state index is 5.53. The van der Waals surface area contributed by atoms with E-state index in [9.17, 15) is 0 Å². The average Bonchev–Trinajstić information content (AvgIpc) is 2.40. The quantitative estimate of drug-likeness (QED) is 0.819. The molecule has 2 rings (SSSR count). The predicted molar refractivity (Wildman–Crippen MR) is 76.3 cm³/mol. The number of nitrogens with one attached hydrogen (secondary N) is 1. The third kappa shape index (κ3) is 3.64. The van der Waals surface area contributed by atoms with Crippen LogP contribution in [0.15, 0.2) is 12.1 Å². The highest BCUT2D eigenvalue weighted by Crippen LogP contribution is 2.24. The molecule has 5 heteroatoms. The minimum Gasteiger partial charge on any atom is -0.377 e. The van der Waals surface area contributed by atoms with Gasteiger partial charge in [-0.25, -0.2) is 0 Å². The van der Waals surface area contributed by atoms with Crippen LogP contribution < -0.4 is 10.2 Å². The molecule has 0 saturated carbocycles. The lowest BCUT2D eigenvalue weighted by Gasteiger charge is -2.42. The van der Waals surface area contributed by atoms with Gasteiger partial charge in [-0.3, -0.25) is 0 Å². The maximum atomic E-state index is 5.53. The van der Waals surface area contributed by atoms with Crippen molar-refractivity contribution in [3.8, 4) is 0 Å². The van der Waals surface area contributed by atoms with E-state index in [4.69, 9.17) is 4.74 Å². The molecule has 0 aromatic carbocycles. The zero-order valence-corrected chi connectivity index (χ0v) is 12.1. The van der Waals surface area contributed by atoms with Gasteiger partial charge in [-0.15, -0.1) is 5.10 Å². The largest absolute Gasteiger partial charge is 0.377 e. The Balaban J connectivity index is 2.01. The molecule has 1 N–H and O–H groups in total. The van der Waals surface area contributed by atoms with Crippen LogP contribution in [0.3, 0.4) is 0 Å². The van der Waals surface area contributed by atoms with Crippen molar-refractivity contribution in [2.24, 2.45) is 0 Å². The Morgan fingerprint density at radius 1 is 1.37 bits per heavy atom. The Morgan fingerprint density at radius 3 is 2.84 bits per heavy atom. The Labute approximate surface area is 115 Å². The maximum Gasteiger partial charge on any atom is 0.151 e. The highest BCUT2D eigenvalue weighted by Gasteiger charge is 2.31. The summed E-state index contributed by atoms with van der Waals surface area (Å²) >= 11 is 0. The summed E-state index contributed by atoms with van der Waals surface area (Å²) in [5.41, 5.74) is 0.970. The summed E-state index contributed by atoms with van der Waals surface area (Å²) in [5.74, 6) is 0.938. The van der Waals surface area contributed by atoms with Crippen molar-refractivity contribution in [2.45, 2.75) is 39.3 Å². The van der Waals surface area contributed by atoms with Gasteiger partial charge in [0.1, 0.15) is 0 Å². The van der Waals surface area contributed by atoms with Gasteiger partial charge >= 0.3 is 0 Å². The molecule has 0 unspecified atom stereocenters. The zero-order chi connectivity index (χ0) is 13.7. The van der Waals surface area contributed by atoms with E-state index in [1.54, 1.807) is 0 Å². The second-order valence-electron chi connectivity index (χ2n) is 5.58. The second-order valence-corrected chi connectivity index (χ2v) is 5.58. The Bertz CT molecular complexity index is 391. The van der Waals surface area contributed by atoms with E-state index in [-0.39, 0.29) is 5.54 Å². The molecule has 5 nitrogen and oxygen atoms in total. The van der Waals surface area contributed by atoms with Gasteiger partial charge in [-0.2, -0.15) is 5.10 Å². The molecule has 1 aromatic rings. The number of ether oxygens (including phenoxy) is 1.